The smallest absolute Gasteiger partial charge is 0.0985 e. The van der Waals surface area contributed by atoms with E-state index < -0.39 is 0 Å². The molecule has 0 saturated heterocycles. The van der Waals surface area contributed by atoms with Gasteiger partial charge in [-0.1, -0.05) is 12.2 Å². The molecule has 0 aromatic carbocycles. The molecule has 1 rings (SSSR count). The van der Waals surface area contributed by atoms with Crippen molar-refractivity contribution < 1.29 is 4.74 Å². The summed E-state index contributed by atoms with van der Waals surface area (Å²) < 4.78 is 4.94. The Morgan fingerprint density at radius 2 is 2.50 bits per heavy atom. The molecule has 0 bridgehead atoms. The van der Waals surface area contributed by atoms with Crippen LogP contribution in [0.1, 0.15) is 19.3 Å². The maximum Gasteiger partial charge on any atom is 0.0985 e. The van der Waals surface area contributed by atoms with Gasteiger partial charge in [-0.25, -0.2) is 0 Å². The van der Waals surface area contributed by atoms with Crippen LogP contribution in [0.25, 0.3) is 0 Å². The Labute approximate surface area is 85.7 Å². The summed E-state index contributed by atoms with van der Waals surface area (Å²) in [5.41, 5.74) is 0. The maximum atomic E-state index is 9.00. The van der Waals surface area contributed by atoms with Crippen molar-refractivity contribution in [2.75, 3.05) is 20.3 Å². The van der Waals surface area contributed by atoms with Crippen molar-refractivity contribution in [1.29, 1.82) is 5.26 Å². The van der Waals surface area contributed by atoms with Gasteiger partial charge >= 0.3 is 0 Å². The largest absolute Gasteiger partial charge is 0.383 e. The highest BCUT2D eigenvalue weighted by Crippen LogP contribution is 2.21. The van der Waals surface area contributed by atoms with Gasteiger partial charge in [0.1, 0.15) is 0 Å². The molecule has 1 aliphatic rings. The molecule has 3 nitrogen and oxygen atoms in total. The molecule has 14 heavy (non-hydrogen) atoms. The van der Waals surface area contributed by atoms with Crippen LogP contribution in [0, 0.1) is 17.2 Å². The van der Waals surface area contributed by atoms with Crippen LogP contribution in [-0.4, -0.2) is 26.3 Å². The zero-order chi connectivity index (χ0) is 10.2. The van der Waals surface area contributed by atoms with Crippen LogP contribution in [-0.2, 0) is 4.74 Å². The van der Waals surface area contributed by atoms with E-state index in [9.17, 15) is 0 Å². The fraction of sp³-hybridized carbons (Fsp3) is 0.727. The Morgan fingerprint density at radius 1 is 1.64 bits per heavy atom. The summed E-state index contributed by atoms with van der Waals surface area (Å²) in [6.07, 6.45) is 7.62. The predicted octanol–water partition coefficient (Wildman–Crippen LogP) is 1.47. The molecular formula is C11H18N2O. The van der Waals surface area contributed by atoms with Crippen LogP contribution in [0.4, 0.5) is 0 Å². The zero-order valence-corrected chi connectivity index (χ0v) is 8.70. The molecule has 0 amide bonds. The summed E-state index contributed by atoms with van der Waals surface area (Å²) in [6, 6.07) is 2.31. The quantitative estimate of drug-likeness (QED) is 0.532. The van der Waals surface area contributed by atoms with Gasteiger partial charge in [-0.15, -0.1) is 0 Å². The van der Waals surface area contributed by atoms with Crippen molar-refractivity contribution in [3.63, 3.8) is 0 Å². The van der Waals surface area contributed by atoms with E-state index in [1.54, 1.807) is 7.11 Å². The van der Waals surface area contributed by atoms with Crippen LogP contribution in [0.5, 0.6) is 0 Å². The van der Waals surface area contributed by atoms with Crippen LogP contribution in [0.15, 0.2) is 12.2 Å². The second kappa shape index (κ2) is 6.58. The van der Waals surface area contributed by atoms with E-state index in [0.29, 0.717) is 12.5 Å². The molecule has 0 radical (unpaired) electrons. The SMILES string of the molecule is COCCNC(C#N)C1CC=CCC1. The first-order chi connectivity index (χ1) is 6.88. The minimum absolute atomic E-state index is 0.0184. The Morgan fingerprint density at radius 3 is 3.07 bits per heavy atom. The zero-order valence-electron chi connectivity index (χ0n) is 8.70. The highest BCUT2D eigenvalue weighted by atomic mass is 16.5. The minimum Gasteiger partial charge on any atom is -0.383 e. The average Bonchev–Trinajstić information content (AvgIpc) is 2.26. The molecule has 0 aromatic heterocycles. The van der Waals surface area contributed by atoms with Gasteiger partial charge in [0, 0.05) is 13.7 Å². The first-order valence-corrected chi connectivity index (χ1v) is 5.15. The fourth-order valence-corrected chi connectivity index (χ4v) is 1.75. The van der Waals surface area contributed by atoms with Crippen LogP contribution in [0.3, 0.4) is 0 Å². The first-order valence-electron chi connectivity index (χ1n) is 5.15. The fourth-order valence-electron chi connectivity index (χ4n) is 1.75. The number of hydrogen-bond acceptors (Lipinski definition) is 3. The van der Waals surface area contributed by atoms with Gasteiger partial charge in [0.25, 0.3) is 0 Å². The Kier molecular flexibility index (Phi) is 5.28. The van der Waals surface area contributed by atoms with Gasteiger partial charge < -0.3 is 4.74 Å². The second-order valence-electron chi connectivity index (χ2n) is 3.60. The van der Waals surface area contributed by atoms with E-state index in [2.05, 4.69) is 23.5 Å². The lowest BCUT2D eigenvalue weighted by Crippen LogP contribution is -2.37. The molecule has 1 N–H and O–H groups in total. The lowest BCUT2D eigenvalue weighted by molar-refractivity contribution is 0.193. The summed E-state index contributed by atoms with van der Waals surface area (Å²) in [6.45, 7) is 1.43. The molecule has 0 saturated carbocycles. The molecular weight excluding hydrogens is 176 g/mol. The number of nitrogens with zero attached hydrogens (tertiary/aromatic N) is 1. The van der Waals surface area contributed by atoms with Crippen LogP contribution in [0.2, 0.25) is 0 Å². The van der Waals surface area contributed by atoms with Gasteiger partial charge in [0.15, 0.2) is 0 Å². The highest BCUT2D eigenvalue weighted by molar-refractivity contribution is 5.01. The van der Waals surface area contributed by atoms with Crippen molar-refractivity contribution >= 4 is 0 Å². The summed E-state index contributed by atoms with van der Waals surface area (Å²) in [5.74, 6) is 0.474. The Bertz CT molecular complexity index is 220. The van der Waals surface area contributed by atoms with Crippen molar-refractivity contribution in [3.8, 4) is 6.07 Å². The third kappa shape index (κ3) is 3.49. The summed E-state index contributed by atoms with van der Waals surface area (Å²) >= 11 is 0. The molecule has 0 aliphatic heterocycles. The Balaban J connectivity index is 2.30. The lowest BCUT2D eigenvalue weighted by Gasteiger charge is -2.23. The Hall–Kier alpha value is -0.850. The topological polar surface area (TPSA) is 45.0 Å². The number of ether oxygens (including phenoxy) is 1. The molecule has 3 heteroatoms. The minimum atomic E-state index is -0.0184. The predicted molar refractivity (Wildman–Crippen MR) is 55.8 cm³/mol. The number of rotatable bonds is 5. The highest BCUT2D eigenvalue weighted by Gasteiger charge is 2.20. The molecule has 2 atom stereocenters. The van der Waals surface area contributed by atoms with Crippen molar-refractivity contribution in [1.82, 2.24) is 5.32 Å². The third-order valence-electron chi connectivity index (χ3n) is 2.59. The van der Waals surface area contributed by atoms with Crippen molar-refractivity contribution in [2.24, 2.45) is 5.92 Å². The van der Waals surface area contributed by atoms with E-state index in [4.69, 9.17) is 10.00 Å². The van der Waals surface area contributed by atoms with Gasteiger partial charge in [0.05, 0.1) is 18.7 Å². The first kappa shape index (κ1) is 11.2. The van der Waals surface area contributed by atoms with Gasteiger partial charge in [-0.05, 0) is 25.2 Å². The van der Waals surface area contributed by atoms with E-state index in [1.807, 2.05) is 0 Å². The average molecular weight is 194 g/mol. The molecule has 78 valence electrons. The summed E-state index contributed by atoms with van der Waals surface area (Å²) in [7, 11) is 1.67. The third-order valence-corrected chi connectivity index (χ3v) is 2.59. The van der Waals surface area contributed by atoms with Crippen molar-refractivity contribution in [2.45, 2.75) is 25.3 Å². The van der Waals surface area contributed by atoms with Crippen LogP contribution < -0.4 is 5.32 Å². The molecule has 0 heterocycles. The van der Waals surface area contributed by atoms with Gasteiger partial charge in [0.2, 0.25) is 0 Å². The number of hydrogen-bond donors (Lipinski definition) is 1. The summed E-state index contributed by atoms with van der Waals surface area (Å²) in [5, 5.41) is 12.2. The van der Waals surface area contributed by atoms with Gasteiger partial charge in [-0.3, -0.25) is 5.32 Å². The maximum absolute atomic E-state index is 9.00. The number of methoxy groups -OCH3 is 1. The normalized spacial score (nSPS) is 23.0. The van der Waals surface area contributed by atoms with Crippen molar-refractivity contribution in [3.05, 3.63) is 12.2 Å². The molecule has 2 unspecified atom stereocenters. The molecule has 0 aromatic rings. The van der Waals surface area contributed by atoms with E-state index in [1.165, 1.54) is 0 Å². The van der Waals surface area contributed by atoms with E-state index in [0.717, 1.165) is 25.8 Å². The molecule has 1 aliphatic carbocycles. The lowest BCUT2D eigenvalue weighted by atomic mass is 9.88. The van der Waals surface area contributed by atoms with E-state index in [-0.39, 0.29) is 6.04 Å². The monoisotopic (exact) mass is 194 g/mol. The van der Waals surface area contributed by atoms with E-state index >= 15 is 0 Å². The summed E-state index contributed by atoms with van der Waals surface area (Å²) in [4.78, 5) is 0. The number of nitrogens with one attached hydrogen (secondary N) is 1. The number of allylic oxidation sites excluding steroid dienone is 2. The standard InChI is InChI=1S/C11H18N2O/c1-14-8-7-13-11(9-12)10-5-3-2-4-6-10/h2-3,10-11,13H,4-8H2,1H3. The molecule has 0 spiro atoms. The van der Waals surface area contributed by atoms with Gasteiger partial charge in [-0.2, -0.15) is 5.26 Å². The van der Waals surface area contributed by atoms with Crippen LogP contribution >= 0.6 is 0 Å². The number of nitriles is 1. The molecule has 0 fully saturated rings. The second-order valence-corrected chi connectivity index (χ2v) is 3.60.